The third-order valence-electron chi connectivity index (χ3n) is 12.6. The number of halogens is 2. The van der Waals surface area contributed by atoms with Crippen LogP contribution < -0.4 is 9.80 Å². The molecule has 0 N–H and O–H groups in total. The minimum absolute atomic E-state index is 0.163. The van der Waals surface area contributed by atoms with Crippen LogP contribution in [0.25, 0.3) is 22.2 Å². The van der Waals surface area contributed by atoms with E-state index in [9.17, 15) is 4.39 Å². The quantitative estimate of drug-likeness (QED) is 0.141. The summed E-state index contributed by atoms with van der Waals surface area (Å²) in [5.41, 5.74) is 9.84. The smallest absolute Gasteiger partial charge is 0.138 e. The first-order valence-electron chi connectivity index (χ1n) is 22.2. The number of anilines is 2. The molecule has 9 nitrogen and oxygen atoms in total. The van der Waals surface area contributed by atoms with Crippen molar-refractivity contribution in [3.05, 3.63) is 208 Å². The minimum Gasteiger partial charge on any atom is -0.378 e. The molecule has 3 aliphatic rings. The SMILES string of the molecule is Cc1cc2c(-c3ccnc(N4CCOCC4)c3)nn(C(c3ccccc3)(c3ccccc3)c3ccccc3)c2cc1F.Cc1cc2c(cc1F)CN=C2c1ccnc(N2CCOCC2)c1. The van der Waals surface area contributed by atoms with Gasteiger partial charge in [-0.3, -0.25) is 4.99 Å². The summed E-state index contributed by atoms with van der Waals surface area (Å²) in [6, 6.07) is 46.3. The summed E-state index contributed by atoms with van der Waals surface area (Å²) in [5.74, 6) is 1.41. The van der Waals surface area contributed by atoms with Gasteiger partial charge in [0.15, 0.2) is 0 Å². The summed E-state index contributed by atoms with van der Waals surface area (Å²) in [5, 5.41) is 6.30. The van der Waals surface area contributed by atoms with Crippen LogP contribution in [-0.4, -0.2) is 78.1 Å². The fourth-order valence-corrected chi connectivity index (χ4v) is 9.25. The Bertz CT molecular complexity index is 2890. The number of aliphatic imine (C=N–C) groups is 1. The highest BCUT2D eigenvalue weighted by Crippen LogP contribution is 2.44. The van der Waals surface area contributed by atoms with E-state index in [1.165, 1.54) is 0 Å². The maximum Gasteiger partial charge on any atom is 0.138 e. The first kappa shape index (κ1) is 41.9. The third-order valence-corrected chi connectivity index (χ3v) is 12.6. The van der Waals surface area contributed by atoms with E-state index in [4.69, 9.17) is 14.6 Å². The summed E-state index contributed by atoms with van der Waals surface area (Å²) in [6.45, 7) is 10.2. The second-order valence-electron chi connectivity index (χ2n) is 16.6. The molecular weight excluding hydrogens is 817 g/mol. The summed E-state index contributed by atoms with van der Waals surface area (Å²) in [4.78, 5) is 18.2. The zero-order valence-corrected chi connectivity index (χ0v) is 36.5. The standard InChI is InChI=1S/C36H31FN4O.C18H18FN3O/c1-26-23-31-33(25-32(26)37)41(39-35(31)27-17-18-38-34(24-27)40-19-21-42-22-20-40)36(28-11-5-2-6-12-28,29-13-7-3-8-14-29)30-15-9-4-10-16-30;1-12-8-15-14(9-16(12)19)11-21-18(15)13-2-3-20-17(10-13)22-4-6-23-7-5-22/h2-18,23-25H,19-22H2,1H3;2-3,8-10H,4-7,11H2,1H3. The molecule has 3 aliphatic heterocycles. The van der Waals surface area contributed by atoms with Crippen molar-refractivity contribution in [2.24, 2.45) is 4.99 Å². The number of fused-ring (bicyclic) bond motifs is 2. The number of nitrogens with zero attached hydrogens (tertiary/aromatic N) is 7. The Labute approximate surface area is 377 Å². The van der Waals surface area contributed by atoms with Crippen molar-refractivity contribution in [3.8, 4) is 11.3 Å². The van der Waals surface area contributed by atoms with E-state index in [0.717, 1.165) is 112 Å². The number of hydrogen-bond donors (Lipinski definition) is 0. The summed E-state index contributed by atoms with van der Waals surface area (Å²) < 4.78 is 42.2. The molecule has 3 aromatic heterocycles. The van der Waals surface area contributed by atoms with Crippen LogP contribution in [0.4, 0.5) is 20.4 Å². The third kappa shape index (κ3) is 8.06. The van der Waals surface area contributed by atoms with E-state index in [0.29, 0.717) is 30.9 Å². The molecule has 0 bridgehead atoms. The van der Waals surface area contributed by atoms with Crippen molar-refractivity contribution in [2.45, 2.75) is 25.9 Å². The van der Waals surface area contributed by atoms with Gasteiger partial charge in [0.2, 0.25) is 0 Å². The zero-order valence-electron chi connectivity index (χ0n) is 36.5. The van der Waals surface area contributed by atoms with E-state index < -0.39 is 5.54 Å². The predicted molar refractivity (Wildman–Crippen MR) is 253 cm³/mol. The van der Waals surface area contributed by atoms with Gasteiger partial charge in [0.25, 0.3) is 0 Å². The molecule has 8 aromatic rings. The molecule has 11 heteroatoms. The van der Waals surface area contributed by atoms with Gasteiger partial charge in [-0.1, -0.05) is 91.0 Å². The number of morpholine rings is 2. The Morgan fingerprint density at radius 1 is 0.554 bits per heavy atom. The maximum atomic E-state index is 15.5. The molecule has 0 amide bonds. The largest absolute Gasteiger partial charge is 0.378 e. The van der Waals surface area contributed by atoms with Gasteiger partial charge in [-0.25, -0.2) is 23.4 Å². The van der Waals surface area contributed by atoms with Crippen molar-refractivity contribution in [2.75, 3.05) is 62.4 Å². The molecular formula is C54H49F2N7O2. The molecule has 5 aromatic carbocycles. The van der Waals surface area contributed by atoms with Crippen LogP contribution in [0.5, 0.6) is 0 Å². The summed E-state index contributed by atoms with van der Waals surface area (Å²) >= 11 is 0. The first-order valence-corrected chi connectivity index (χ1v) is 22.2. The maximum absolute atomic E-state index is 15.5. The highest BCUT2D eigenvalue weighted by atomic mass is 19.1. The average Bonchev–Trinajstić information content (AvgIpc) is 3.94. The average molecular weight is 866 g/mol. The van der Waals surface area contributed by atoms with E-state index in [1.807, 2.05) is 95.9 Å². The number of pyridine rings is 2. The Morgan fingerprint density at radius 2 is 1.05 bits per heavy atom. The van der Waals surface area contributed by atoms with Crippen molar-refractivity contribution in [1.82, 2.24) is 19.7 Å². The van der Waals surface area contributed by atoms with Crippen LogP contribution in [0.15, 0.2) is 157 Å². The normalized spacial score (nSPS) is 15.0. The molecule has 2 saturated heterocycles. The molecule has 0 unspecified atom stereocenters. The minimum atomic E-state index is -0.873. The fraction of sp³-hybridized carbons (Fsp3) is 0.222. The van der Waals surface area contributed by atoms with Crippen molar-refractivity contribution in [1.29, 1.82) is 0 Å². The van der Waals surface area contributed by atoms with Crippen LogP contribution in [0.2, 0.25) is 0 Å². The first-order chi connectivity index (χ1) is 31.9. The molecule has 0 saturated carbocycles. The number of hydrogen-bond acceptors (Lipinski definition) is 8. The monoisotopic (exact) mass is 865 g/mol. The van der Waals surface area contributed by atoms with Gasteiger partial charge >= 0.3 is 0 Å². The zero-order chi connectivity index (χ0) is 44.3. The highest BCUT2D eigenvalue weighted by molar-refractivity contribution is 6.15. The van der Waals surface area contributed by atoms with Gasteiger partial charge in [-0.2, -0.15) is 5.10 Å². The molecule has 6 heterocycles. The van der Waals surface area contributed by atoms with Crippen LogP contribution in [-0.2, 0) is 21.6 Å². The number of ether oxygens (including phenoxy) is 2. The Morgan fingerprint density at radius 3 is 1.60 bits per heavy atom. The molecule has 0 spiro atoms. The second kappa shape index (κ2) is 18.2. The van der Waals surface area contributed by atoms with Crippen molar-refractivity contribution >= 4 is 28.3 Å². The van der Waals surface area contributed by atoms with E-state index in [1.54, 1.807) is 26.0 Å². The number of aromatic nitrogens is 4. The molecule has 0 aliphatic carbocycles. The number of rotatable bonds is 8. The van der Waals surface area contributed by atoms with Crippen LogP contribution in [0.1, 0.15) is 44.5 Å². The number of benzene rings is 5. The highest BCUT2D eigenvalue weighted by Gasteiger charge is 2.41. The van der Waals surface area contributed by atoms with E-state index >= 15 is 4.39 Å². The lowest BCUT2D eigenvalue weighted by Gasteiger charge is -2.37. The van der Waals surface area contributed by atoms with Gasteiger partial charge in [0.1, 0.15) is 34.5 Å². The van der Waals surface area contributed by atoms with Crippen LogP contribution in [0, 0.1) is 25.5 Å². The van der Waals surface area contributed by atoms with Crippen LogP contribution in [0.3, 0.4) is 0 Å². The molecule has 0 radical (unpaired) electrons. The molecule has 65 heavy (non-hydrogen) atoms. The van der Waals surface area contributed by atoms with Crippen molar-refractivity contribution < 1.29 is 18.3 Å². The fourth-order valence-electron chi connectivity index (χ4n) is 9.25. The topological polar surface area (TPSA) is 80.9 Å². The molecule has 326 valence electrons. The molecule has 2 fully saturated rings. The summed E-state index contributed by atoms with van der Waals surface area (Å²) in [6.07, 6.45) is 3.65. The van der Waals surface area contributed by atoms with E-state index in [-0.39, 0.29) is 11.6 Å². The van der Waals surface area contributed by atoms with Crippen LogP contribution >= 0.6 is 0 Å². The molecule has 11 rings (SSSR count). The lowest BCUT2D eigenvalue weighted by Crippen LogP contribution is -2.38. The van der Waals surface area contributed by atoms with Gasteiger partial charge in [-0.05, 0) is 89.7 Å². The Balaban J connectivity index is 0.000000182. The lowest BCUT2D eigenvalue weighted by atomic mass is 9.77. The van der Waals surface area contributed by atoms with Gasteiger partial charge in [-0.15, -0.1) is 0 Å². The Kier molecular flexibility index (Phi) is 11.7. The predicted octanol–water partition coefficient (Wildman–Crippen LogP) is 9.94. The van der Waals surface area contributed by atoms with Gasteiger partial charge < -0.3 is 19.3 Å². The van der Waals surface area contributed by atoms with Gasteiger partial charge in [0.05, 0.1) is 44.2 Å². The lowest BCUT2D eigenvalue weighted by molar-refractivity contribution is 0.122. The summed E-state index contributed by atoms with van der Waals surface area (Å²) in [7, 11) is 0. The van der Waals surface area contributed by atoms with E-state index in [2.05, 4.69) is 73.3 Å². The molecule has 0 atom stereocenters. The Hall–Kier alpha value is -7.08. The second-order valence-corrected chi connectivity index (χ2v) is 16.6. The number of aryl methyl sites for hydroxylation is 2. The van der Waals surface area contributed by atoms with Crippen molar-refractivity contribution in [3.63, 3.8) is 0 Å². The van der Waals surface area contributed by atoms with Gasteiger partial charge in [0, 0.05) is 66.7 Å².